The van der Waals surface area contributed by atoms with Crippen molar-refractivity contribution in [2.75, 3.05) is 19.6 Å². The summed E-state index contributed by atoms with van der Waals surface area (Å²) in [5, 5.41) is 10.1. The largest absolute Gasteiger partial charge is 0.390 e. The van der Waals surface area contributed by atoms with E-state index in [9.17, 15) is 17.9 Å². The van der Waals surface area contributed by atoms with Crippen molar-refractivity contribution in [3.63, 3.8) is 0 Å². The third kappa shape index (κ3) is 4.73. The number of rotatable bonds is 6. The average Bonchev–Trinajstić information content (AvgIpc) is 2.77. The van der Waals surface area contributed by atoms with Gasteiger partial charge in [0.2, 0.25) is 10.0 Å². The number of aryl methyl sites for hydroxylation is 1. The monoisotopic (exact) mass is 344 g/mol. The van der Waals surface area contributed by atoms with E-state index < -0.39 is 21.9 Å². The van der Waals surface area contributed by atoms with E-state index in [4.69, 9.17) is 0 Å². The number of likely N-dealkylation sites (tertiary alicyclic amines) is 1. The molecule has 1 heterocycles. The Balaban J connectivity index is 1.95. The lowest BCUT2D eigenvalue weighted by atomic mass is 10.1. The van der Waals surface area contributed by atoms with Crippen LogP contribution in [0.1, 0.15) is 25.8 Å². The molecule has 23 heavy (non-hydrogen) atoms. The fourth-order valence-corrected chi connectivity index (χ4v) is 4.45. The van der Waals surface area contributed by atoms with Crippen LogP contribution >= 0.6 is 0 Å². The lowest BCUT2D eigenvalue weighted by molar-refractivity contribution is 0.111. The molecule has 0 amide bonds. The van der Waals surface area contributed by atoms with Gasteiger partial charge in [-0.1, -0.05) is 13.0 Å². The first-order valence-electron chi connectivity index (χ1n) is 7.87. The summed E-state index contributed by atoms with van der Waals surface area (Å²) in [6.45, 7) is 7.13. The Labute approximate surface area is 137 Å². The number of β-amino-alcohol motifs (C(OH)–C–C–N with tert-alkyl or cyclic N) is 1. The number of nitrogens with one attached hydrogen (secondary N) is 1. The topological polar surface area (TPSA) is 69.6 Å². The number of hydrogen-bond donors (Lipinski definition) is 2. The van der Waals surface area contributed by atoms with E-state index in [1.54, 1.807) is 6.92 Å². The van der Waals surface area contributed by atoms with Gasteiger partial charge >= 0.3 is 0 Å². The maximum atomic E-state index is 13.3. The molecule has 130 valence electrons. The zero-order chi connectivity index (χ0) is 17.2. The minimum atomic E-state index is -3.83. The first-order valence-corrected chi connectivity index (χ1v) is 9.35. The SMILES string of the molecule is Cc1ccc(F)cc1S(=O)(=O)NC[C@@H](O)CN1CC(C)CC1C. The van der Waals surface area contributed by atoms with E-state index in [-0.39, 0.29) is 11.4 Å². The third-order valence-corrected chi connectivity index (χ3v) is 5.87. The van der Waals surface area contributed by atoms with Crippen LogP contribution in [0.25, 0.3) is 0 Å². The summed E-state index contributed by atoms with van der Waals surface area (Å²) < 4.78 is 40.2. The number of sulfonamides is 1. The molecule has 1 saturated heterocycles. The Morgan fingerprint density at radius 3 is 2.74 bits per heavy atom. The van der Waals surface area contributed by atoms with E-state index in [0.29, 0.717) is 24.1 Å². The van der Waals surface area contributed by atoms with Crippen LogP contribution in [0.4, 0.5) is 4.39 Å². The van der Waals surface area contributed by atoms with Crippen molar-refractivity contribution < 1.29 is 17.9 Å². The molecule has 0 bridgehead atoms. The molecule has 3 atom stereocenters. The molecule has 0 saturated carbocycles. The first kappa shape index (κ1) is 18.3. The lowest BCUT2D eigenvalue weighted by Crippen LogP contribution is -2.41. The molecular weight excluding hydrogens is 319 g/mol. The maximum Gasteiger partial charge on any atom is 0.241 e. The van der Waals surface area contributed by atoms with E-state index >= 15 is 0 Å². The van der Waals surface area contributed by atoms with Gasteiger partial charge in [-0.05, 0) is 43.9 Å². The number of aliphatic hydroxyl groups excluding tert-OH is 1. The summed E-state index contributed by atoms with van der Waals surface area (Å²) in [6.07, 6.45) is 0.285. The number of halogens is 1. The van der Waals surface area contributed by atoms with Crippen molar-refractivity contribution in [1.82, 2.24) is 9.62 Å². The van der Waals surface area contributed by atoms with E-state index in [1.807, 2.05) is 0 Å². The van der Waals surface area contributed by atoms with E-state index in [2.05, 4.69) is 23.5 Å². The summed E-state index contributed by atoms with van der Waals surface area (Å²) in [4.78, 5) is 2.07. The van der Waals surface area contributed by atoms with Crippen molar-refractivity contribution >= 4 is 10.0 Å². The first-order chi connectivity index (χ1) is 10.7. The van der Waals surface area contributed by atoms with Gasteiger partial charge in [0.1, 0.15) is 5.82 Å². The minimum Gasteiger partial charge on any atom is -0.390 e. The summed E-state index contributed by atoms with van der Waals surface area (Å²) in [5.74, 6) is -0.0137. The second-order valence-electron chi connectivity index (χ2n) is 6.56. The Morgan fingerprint density at radius 2 is 2.13 bits per heavy atom. The number of benzene rings is 1. The van der Waals surface area contributed by atoms with Crippen LogP contribution in [0.3, 0.4) is 0 Å². The smallest absolute Gasteiger partial charge is 0.241 e. The molecule has 1 fully saturated rings. The van der Waals surface area contributed by atoms with Crippen molar-refractivity contribution in [2.24, 2.45) is 5.92 Å². The van der Waals surface area contributed by atoms with Gasteiger partial charge < -0.3 is 5.11 Å². The summed E-state index contributed by atoms with van der Waals surface area (Å²) in [7, 11) is -3.83. The molecule has 1 aromatic carbocycles. The van der Waals surface area contributed by atoms with Gasteiger partial charge in [-0.2, -0.15) is 0 Å². The highest BCUT2D eigenvalue weighted by molar-refractivity contribution is 7.89. The molecule has 2 rings (SSSR count). The zero-order valence-corrected chi connectivity index (χ0v) is 14.6. The van der Waals surface area contributed by atoms with Gasteiger partial charge in [-0.25, -0.2) is 17.5 Å². The zero-order valence-electron chi connectivity index (χ0n) is 13.8. The molecule has 0 aromatic heterocycles. The molecule has 2 unspecified atom stereocenters. The second-order valence-corrected chi connectivity index (χ2v) is 8.29. The van der Waals surface area contributed by atoms with Gasteiger partial charge in [0.25, 0.3) is 0 Å². The van der Waals surface area contributed by atoms with Crippen molar-refractivity contribution in [3.05, 3.63) is 29.6 Å². The Morgan fingerprint density at radius 1 is 1.43 bits per heavy atom. The molecule has 1 aliphatic heterocycles. The molecule has 7 heteroatoms. The third-order valence-electron chi connectivity index (χ3n) is 4.31. The predicted octanol–water partition coefficient (Wildman–Crippen LogP) is 1.50. The standard InChI is InChI=1S/C16H25FN2O3S/c1-11-6-13(3)19(9-11)10-15(20)8-18-23(21,22)16-7-14(17)5-4-12(16)2/h4-5,7,11,13,15,18,20H,6,8-10H2,1-3H3/t11?,13?,15-/m1/s1. The van der Waals surface area contributed by atoms with Crippen LogP contribution in [-0.2, 0) is 10.0 Å². The van der Waals surface area contributed by atoms with Crippen LogP contribution in [-0.4, -0.2) is 50.2 Å². The average molecular weight is 344 g/mol. The molecule has 0 aliphatic carbocycles. The van der Waals surface area contributed by atoms with E-state index in [1.165, 1.54) is 12.1 Å². The summed E-state index contributed by atoms with van der Waals surface area (Å²) in [5.41, 5.74) is 0.468. The molecular formula is C16H25FN2O3S. The van der Waals surface area contributed by atoms with Crippen LogP contribution < -0.4 is 4.72 Å². The highest BCUT2D eigenvalue weighted by atomic mass is 32.2. The van der Waals surface area contributed by atoms with Crippen LogP contribution in [0, 0.1) is 18.7 Å². The predicted molar refractivity (Wildman–Crippen MR) is 87.1 cm³/mol. The fraction of sp³-hybridized carbons (Fsp3) is 0.625. The number of aliphatic hydroxyl groups is 1. The normalized spacial score (nSPS) is 24.0. The molecule has 2 N–H and O–H groups in total. The maximum absolute atomic E-state index is 13.3. The molecule has 1 aliphatic rings. The number of hydrogen-bond acceptors (Lipinski definition) is 4. The van der Waals surface area contributed by atoms with Crippen LogP contribution in [0.2, 0.25) is 0 Å². The highest BCUT2D eigenvalue weighted by Gasteiger charge is 2.28. The van der Waals surface area contributed by atoms with Gasteiger partial charge in [-0.15, -0.1) is 0 Å². The van der Waals surface area contributed by atoms with Gasteiger partial charge in [0.15, 0.2) is 0 Å². The van der Waals surface area contributed by atoms with Crippen molar-refractivity contribution in [3.8, 4) is 0 Å². The Hall–Kier alpha value is -1.02. The van der Waals surface area contributed by atoms with E-state index in [0.717, 1.165) is 19.0 Å². The van der Waals surface area contributed by atoms with Crippen molar-refractivity contribution in [1.29, 1.82) is 0 Å². The summed E-state index contributed by atoms with van der Waals surface area (Å²) in [6, 6.07) is 4.03. The fourth-order valence-electron chi connectivity index (χ4n) is 3.12. The van der Waals surface area contributed by atoms with Crippen molar-refractivity contribution in [2.45, 2.75) is 44.2 Å². The second kappa shape index (κ2) is 7.25. The molecule has 1 aromatic rings. The minimum absolute atomic E-state index is 0.0874. The molecule has 0 spiro atoms. The Kier molecular flexibility index (Phi) is 5.78. The van der Waals surface area contributed by atoms with Gasteiger partial charge in [0, 0.05) is 25.7 Å². The number of nitrogens with zero attached hydrogens (tertiary/aromatic N) is 1. The van der Waals surface area contributed by atoms with Crippen LogP contribution in [0.15, 0.2) is 23.1 Å². The summed E-state index contributed by atoms with van der Waals surface area (Å²) >= 11 is 0. The van der Waals surface area contributed by atoms with Gasteiger partial charge in [0.05, 0.1) is 11.0 Å². The lowest BCUT2D eigenvalue weighted by Gasteiger charge is -2.24. The quantitative estimate of drug-likeness (QED) is 0.821. The highest BCUT2D eigenvalue weighted by Crippen LogP contribution is 2.22. The molecule has 0 radical (unpaired) electrons. The molecule has 5 nitrogen and oxygen atoms in total. The van der Waals surface area contributed by atoms with Crippen LogP contribution in [0.5, 0.6) is 0 Å². The Bertz CT molecular complexity index is 651. The van der Waals surface area contributed by atoms with Gasteiger partial charge in [-0.3, -0.25) is 4.90 Å².